The van der Waals surface area contributed by atoms with Crippen LogP contribution in [-0.2, 0) is 11.2 Å². The van der Waals surface area contributed by atoms with Gasteiger partial charge in [0.25, 0.3) is 0 Å². The second kappa shape index (κ2) is 7.96. The second-order valence-corrected chi connectivity index (χ2v) is 5.86. The van der Waals surface area contributed by atoms with Crippen molar-refractivity contribution < 1.29 is 9.13 Å². The Kier molecular flexibility index (Phi) is 6.27. The number of nitrogens with one attached hydrogen (secondary N) is 1. The van der Waals surface area contributed by atoms with Crippen LogP contribution < -0.4 is 5.32 Å². The molecule has 0 aliphatic carbocycles. The van der Waals surface area contributed by atoms with E-state index >= 15 is 0 Å². The fourth-order valence-electron chi connectivity index (χ4n) is 2.79. The monoisotopic (exact) mass is 299 g/mol. The van der Waals surface area contributed by atoms with Crippen molar-refractivity contribution >= 4 is 11.6 Å². The fraction of sp³-hybridized carbons (Fsp3) is 0.625. The molecule has 1 fully saturated rings. The van der Waals surface area contributed by atoms with Crippen LogP contribution in [0.15, 0.2) is 18.2 Å². The Morgan fingerprint density at radius 2 is 2.30 bits per heavy atom. The van der Waals surface area contributed by atoms with E-state index in [4.69, 9.17) is 16.3 Å². The van der Waals surface area contributed by atoms with E-state index in [-0.39, 0.29) is 11.9 Å². The zero-order valence-electron chi connectivity index (χ0n) is 12.0. The first kappa shape index (κ1) is 15.7. The van der Waals surface area contributed by atoms with Gasteiger partial charge in [0.1, 0.15) is 5.82 Å². The van der Waals surface area contributed by atoms with E-state index in [2.05, 4.69) is 12.2 Å². The summed E-state index contributed by atoms with van der Waals surface area (Å²) in [5.41, 5.74) is 0.719. The fourth-order valence-corrected chi connectivity index (χ4v) is 2.95. The molecular weight excluding hydrogens is 277 g/mol. The van der Waals surface area contributed by atoms with Gasteiger partial charge in [-0.2, -0.15) is 0 Å². The van der Waals surface area contributed by atoms with Gasteiger partial charge in [0.15, 0.2) is 0 Å². The molecule has 0 aromatic heterocycles. The van der Waals surface area contributed by atoms with Crippen molar-refractivity contribution in [3.63, 3.8) is 0 Å². The zero-order chi connectivity index (χ0) is 14.4. The average Bonchev–Trinajstić information content (AvgIpc) is 2.43. The molecule has 2 nitrogen and oxygen atoms in total. The Bertz CT molecular complexity index is 421. The van der Waals surface area contributed by atoms with Crippen molar-refractivity contribution in [2.75, 3.05) is 13.2 Å². The van der Waals surface area contributed by atoms with Gasteiger partial charge in [-0.1, -0.05) is 24.6 Å². The molecule has 2 atom stereocenters. The number of hydrogen-bond donors (Lipinski definition) is 1. The molecule has 20 heavy (non-hydrogen) atoms. The molecule has 1 N–H and O–H groups in total. The molecule has 4 heteroatoms. The van der Waals surface area contributed by atoms with Crippen molar-refractivity contribution in [2.45, 2.75) is 51.2 Å². The SMILES string of the molecule is CCNC(Cc1ccc(Cl)cc1F)CC1CCCCO1. The predicted octanol–water partition coefficient (Wildman–Crippen LogP) is 3.96. The number of benzene rings is 1. The maximum atomic E-state index is 13.9. The third-order valence-electron chi connectivity index (χ3n) is 3.80. The zero-order valence-corrected chi connectivity index (χ0v) is 12.8. The Morgan fingerprint density at radius 3 is 2.95 bits per heavy atom. The standard InChI is InChI=1S/C16H23ClFNO/c1-2-19-14(11-15-5-3-4-8-20-15)9-12-6-7-13(17)10-16(12)18/h6-7,10,14-15,19H,2-5,8-9,11H2,1H3. The van der Waals surface area contributed by atoms with E-state index in [1.807, 2.05) is 0 Å². The van der Waals surface area contributed by atoms with Crippen LogP contribution in [0.2, 0.25) is 5.02 Å². The van der Waals surface area contributed by atoms with Crippen LogP contribution >= 0.6 is 11.6 Å². The number of hydrogen-bond acceptors (Lipinski definition) is 2. The minimum atomic E-state index is -0.218. The van der Waals surface area contributed by atoms with Crippen LogP contribution in [0.25, 0.3) is 0 Å². The third kappa shape index (κ3) is 4.72. The second-order valence-electron chi connectivity index (χ2n) is 5.42. The first-order valence-electron chi connectivity index (χ1n) is 7.48. The molecule has 1 aliphatic heterocycles. The minimum Gasteiger partial charge on any atom is -0.378 e. The lowest BCUT2D eigenvalue weighted by Crippen LogP contribution is -2.36. The Labute approximate surface area is 125 Å². The van der Waals surface area contributed by atoms with Crippen LogP contribution in [0.5, 0.6) is 0 Å². The molecule has 2 unspecified atom stereocenters. The molecule has 2 rings (SSSR count). The van der Waals surface area contributed by atoms with Crippen molar-refractivity contribution in [1.29, 1.82) is 0 Å². The van der Waals surface area contributed by atoms with E-state index in [9.17, 15) is 4.39 Å². The molecule has 1 aromatic carbocycles. The Balaban J connectivity index is 1.96. The van der Waals surface area contributed by atoms with E-state index in [0.29, 0.717) is 17.5 Å². The lowest BCUT2D eigenvalue weighted by Gasteiger charge is -2.27. The quantitative estimate of drug-likeness (QED) is 0.858. The summed E-state index contributed by atoms with van der Waals surface area (Å²) >= 11 is 5.79. The molecule has 1 saturated heterocycles. The molecule has 0 spiro atoms. The van der Waals surface area contributed by atoms with Crippen LogP contribution in [0.4, 0.5) is 4.39 Å². The average molecular weight is 300 g/mol. The molecule has 0 saturated carbocycles. The summed E-state index contributed by atoms with van der Waals surface area (Å²) in [6.07, 6.45) is 5.44. The number of halogens is 2. The summed E-state index contributed by atoms with van der Waals surface area (Å²) in [7, 11) is 0. The van der Waals surface area contributed by atoms with Crippen LogP contribution in [-0.4, -0.2) is 25.3 Å². The normalized spacial score (nSPS) is 20.9. The molecule has 0 bridgehead atoms. The van der Waals surface area contributed by atoms with E-state index in [0.717, 1.165) is 38.0 Å². The van der Waals surface area contributed by atoms with Crippen molar-refractivity contribution in [2.24, 2.45) is 0 Å². The van der Waals surface area contributed by atoms with Crippen molar-refractivity contribution in [3.8, 4) is 0 Å². The van der Waals surface area contributed by atoms with Crippen molar-refractivity contribution in [1.82, 2.24) is 5.32 Å². The largest absolute Gasteiger partial charge is 0.378 e. The summed E-state index contributed by atoms with van der Waals surface area (Å²) in [5, 5.41) is 3.89. The molecule has 1 aromatic rings. The molecule has 1 heterocycles. The number of rotatable bonds is 6. The van der Waals surface area contributed by atoms with Gasteiger partial charge < -0.3 is 10.1 Å². The molecular formula is C16H23ClFNO. The lowest BCUT2D eigenvalue weighted by atomic mass is 9.96. The first-order chi connectivity index (χ1) is 9.69. The number of ether oxygens (including phenoxy) is 1. The lowest BCUT2D eigenvalue weighted by molar-refractivity contribution is 0.00530. The van der Waals surface area contributed by atoms with E-state index in [1.54, 1.807) is 12.1 Å². The summed E-state index contributed by atoms with van der Waals surface area (Å²) < 4.78 is 19.7. The third-order valence-corrected chi connectivity index (χ3v) is 4.03. The van der Waals surface area contributed by atoms with E-state index in [1.165, 1.54) is 12.5 Å². The summed E-state index contributed by atoms with van der Waals surface area (Å²) in [6, 6.07) is 5.17. The summed E-state index contributed by atoms with van der Waals surface area (Å²) in [6.45, 7) is 3.82. The van der Waals surface area contributed by atoms with E-state index < -0.39 is 0 Å². The van der Waals surface area contributed by atoms with Gasteiger partial charge in [0.05, 0.1) is 6.10 Å². The van der Waals surface area contributed by atoms with Crippen LogP contribution in [0.3, 0.4) is 0 Å². The van der Waals surface area contributed by atoms with Gasteiger partial charge >= 0.3 is 0 Å². The highest BCUT2D eigenvalue weighted by Gasteiger charge is 2.20. The molecule has 112 valence electrons. The van der Waals surface area contributed by atoms with Gasteiger partial charge in [-0.15, -0.1) is 0 Å². The highest BCUT2D eigenvalue weighted by atomic mass is 35.5. The van der Waals surface area contributed by atoms with Gasteiger partial charge in [-0.25, -0.2) is 4.39 Å². The smallest absolute Gasteiger partial charge is 0.127 e. The van der Waals surface area contributed by atoms with Gasteiger partial charge in [-0.05, 0) is 56.3 Å². The van der Waals surface area contributed by atoms with Crippen molar-refractivity contribution in [3.05, 3.63) is 34.6 Å². The molecule has 0 radical (unpaired) electrons. The predicted molar refractivity (Wildman–Crippen MR) is 80.8 cm³/mol. The minimum absolute atomic E-state index is 0.218. The van der Waals surface area contributed by atoms with Gasteiger partial charge in [0.2, 0.25) is 0 Å². The Morgan fingerprint density at radius 1 is 1.45 bits per heavy atom. The van der Waals surface area contributed by atoms with Crippen LogP contribution in [0, 0.1) is 5.82 Å². The maximum Gasteiger partial charge on any atom is 0.127 e. The van der Waals surface area contributed by atoms with Gasteiger partial charge in [-0.3, -0.25) is 0 Å². The first-order valence-corrected chi connectivity index (χ1v) is 7.85. The highest BCUT2D eigenvalue weighted by molar-refractivity contribution is 6.30. The molecule has 0 amide bonds. The Hall–Kier alpha value is -0.640. The van der Waals surface area contributed by atoms with Crippen LogP contribution in [0.1, 0.15) is 38.2 Å². The number of likely N-dealkylation sites (N-methyl/N-ethyl adjacent to an activating group) is 1. The van der Waals surface area contributed by atoms with Gasteiger partial charge in [0, 0.05) is 17.7 Å². The summed E-state index contributed by atoms with van der Waals surface area (Å²) in [5.74, 6) is -0.218. The summed E-state index contributed by atoms with van der Waals surface area (Å²) in [4.78, 5) is 0. The highest BCUT2D eigenvalue weighted by Crippen LogP contribution is 2.21. The topological polar surface area (TPSA) is 21.3 Å². The maximum absolute atomic E-state index is 13.9. The molecule has 1 aliphatic rings.